The molecule has 2 nitrogen and oxygen atoms in total. The van der Waals surface area contributed by atoms with Gasteiger partial charge in [0.1, 0.15) is 0 Å². The first-order chi connectivity index (χ1) is 7.28. The molecule has 0 bridgehead atoms. The molecular weight excluding hydrogens is 272 g/mol. The molecule has 15 heavy (non-hydrogen) atoms. The summed E-state index contributed by atoms with van der Waals surface area (Å²) in [5.41, 5.74) is 5.68. The predicted molar refractivity (Wildman–Crippen MR) is 69.1 cm³/mol. The lowest BCUT2D eigenvalue weighted by atomic mass is 9.97. The van der Waals surface area contributed by atoms with Gasteiger partial charge in [-0.15, -0.1) is 11.3 Å². The lowest BCUT2D eigenvalue weighted by molar-refractivity contribution is 0.182. The van der Waals surface area contributed by atoms with Crippen LogP contribution in [0.25, 0.3) is 0 Å². The average molecular weight is 289 g/mol. The zero-order chi connectivity index (χ0) is 10.7. The molecule has 1 saturated heterocycles. The number of rotatable bonds is 3. The van der Waals surface area contributed by atoms with Crippen LogP contribution in [0.2, 0.25) is 0 Å². The van der Waals surface area contributed by atoms with E-state index in [-0.39, 0.29) is 0 Å². The van der Waals surface area contributed by atoms with Crippen LogP contribution < -0.4 is 5.73 Å². The van der Waals surface area contributed by atoms with E-state index in [1.807, 2.05) is 11.3 Å². The van der Waals surface area contributed by atoms with Gasteiger partial charge in [0.25, 0.3) is 0 Å². The molecule has 4 heteroatoms. The van der Waals surface area contributed by atoms with Gasteiger partial charge in [-0.25, -0.2) is 0 Å². The highest BCUT2D eigenvalue weighted by atomic mass is 79.9. The number of hydrogen-bond donors (Lipinski definition) is 1. The lowest BCUT2D eigenvalue weighted by Gasteiger charge is -2.30. The van der Waals surface area contributed by atoms with Crippen molar-refractivity contribution in [2.24, 2.45) is 11.7 Å². The van der Waals surface area contributed by atoms with E-state index >= 15 is 0 Å². The van der Waals surface area contributed by atoms with E-state index in [0.29, 0.717) is 0 Å². The SMILES string of the molecule is NCC1CCN(Cc2cc(Br)cs2)CC1. The Morgan fingerprint density at radius 3 is 2.73 bits per heavy atom. The Kier molecular flexibility index (Phi) is 4.20. The summed E-state index contributed by atoms with van der Waals surface area (Å²) in [7, 11) is 0. The molecule has 1 aromatic heterocycles. The van der Waals surface area contributed by atoms with Crippen molar-refractivity contribution in [1.29, 1.82) is 0 Å². The van der Waals surface area contributed by atoms with Crippen LogP contribution in [0.15, 0.2) is 15.9 Å². The largest absolute Gasteiger partial charge is 0.330 e. The second kappa shape index (κ2) is 5.43. The van der Waals surface area contributed by atoms with Gasteiger partial charge in [0.15, 0.2) is 0 Å². The van der Waals surface area contributed by atoms with Crippen LogP contribution >= 0.6 is 27.3 Å². The molecule has 2 N–H and O–H groups in total. The van der Waals surface area contributed by atoms with Gasteiger partial charge in [-0.05, 0) is 60.4 Å². The van der Waals surface area contributed by atoms with Crippen LogP contribution in [0.5, 0.6) is 0 Å². The van der Waals surface area contributed by atoms with E-state index in [0.717, 1.165) is 19.0 Å². The highest BCUT2D eigenvalue weighted by molar-refractivity contribution is 9.10. The average Bonchev–Trinajstić information content (AvgIpc) is 2.65. The fourth-order valence-corrected chi connectivity index (χ4v) is 3.53. The number of nitrogens with zero attached hydrogens (tertiary/aromatic N) is 1. The summed E-state index contributed by atoms with van der Waals surface area (Å²) in [5.74, 6) is 0.760. The third kappa shape index (κ3) is 3.28. The van der Waals surface area contributed by atoms with E-state index in [1.165, 1.54) is 35.3 Å². The van der Waals surface area contributed by atoms with Crippen LogP contribution in [-0.4, -0.2) is 24.5 Å². The van der Waals surface area contributed by atoms with Crippen molar-refractivity contribution < 1.29 is 0 Å². The minimum atomic E-state index is 0.760. The van der Waals surface area contributed by atoms with Gasteiger partial charge in [0.05, 0.1) is 0 Å². The minimum absolute atomic E-state index is 0.760. The Morgan fingerprint density at radius 1 is 1.47 bits per heavy atom. The lowest BCUT2D eigenvalue weighted by Crippen LogP contribution is -2.35. The molecule has 1 aromatic rings. The standard InChI is InChI=1S/C11H17BrN2S/c12-10-5-11(15-8-10)7-14-3-1-9(6-13)2-4-14/h5,8-9H,1-4,6-7,13H2. The van der Waals surface area contributed by atoms with E-state index in [4.69, 9.17) is 5.73 Å². The van der Waals surface area contributed by atoms with E-state index in [2.05, 4.69) is 32.3 Å². The van der Waals surface area contributed by atoms with Crippen molar-refractivity contribution in [1.82, 2.24) is 4.90 Å². The highest BCUT2D eigenvalue weighted by Gasteiger charge is 2.18. The van der Waals surface area contributed by atoms with Crippen molar-refractivity contribution in [2.75, 3.05) is 19.6 Å². The molecule has 0 spiro atoms. The van der Waals surface area contributed by atoms with Gasteiger partial charge in [-0.2, -0.15) is 0 Å². The van der Waals surface area contributed by atoms with Crippen molar-refractivity contribution in [3.05, 3.63) is 20.8 Å². The van der Waals surface area contributed by atoms with E-state index in [9.17, 15) is 0 Å². The number of thiophene rings is 1. The molecule has 2 rings (SSSR count). The number of hydrogen-bond acceptors (Lipinski definition) is 3. The quantitative estimate of drug-likeness (QED) is 0.927. The maximum Gasteiger partial charge on any atom is 0.0328 e. The summed E-state index contributed by atoms with van der Waals surface area (Å²) in [6.45, 7) is 4.38. The maximum absolute atomic E-state index is 5.68. The van der Waals surface area contributed by atoms with Gasteiger partial charge < -0.3 is 5.73 Å². The van der Waals surface area contributed by atoms with Gasteiger partial charge in [0.2, 0.25) is 0 Å². The number of piperidine rings is 1. The second-order valence-electron chi connectivity index (χ2n) is 4.19. The second-order valence-corrected chi connectivity index (χ2v) is 6.10. The fourth-order valence-electron chi connectivity index (χ4n) is 2.04. The zero-order valence-corrected chi connectivity index (χ0v) is 11.2. The third-order valence-corrected chi connectivity index (χ3v) is 4.72. The molecule has 2 heterocycles. The fraction of sp³-hybridized carbons (Fsp3) is 0.636. The Balaban J connectivity index is 1.82. The normalized spacial score (nSPS) is 19.6. The number of likely N-dealkylation sites (tertiary alicyclic amines) is 1. The van der Waals surface area contributed by atoms with Crippen LogP contribution in [0, 0.1) is 5.92 Å². The van der Waals surface area contributed by atoms with Crippen LogP contribution in [0.4, 0.5) is 0 Å². The van der Waals surface area contributed by atoms with Gasteiger partial charge in [-0.1, -0.05) is 0 Å². The van der Waals surface area contributed by atoms with Crippen molar-refractivity contribution >= 4 is 27.3 Å². The van der Waals surface area contributed by atoms with Gasteiger partial charge >= 0.3 is 0 Å². The monoisotopic (exact) mass is 288 g/mol. The Bertz CT molecular complexity index is 305. The molecule has 1 fully saturated rings. The molecular formula is C11H17BrN2S. The van der Waals surface area contributed by atoms with E-state index in [1.54, 1.807) is 0 Å². The zero-order valence-electron chi connectivity index (χ0n) is 8.79. The van der Waals surface area contributed by atoms with Gasteiger partial charge in [0, 0.05) is 21.3 Å². The molecule has 0 amide bonds. The number of nitrogens with two attached hydrogens (primary N) is 1. The Morgan fingerprint density at radius 2 is 2.20 bits per heavy atom. The predicted octanol–water partition coefficient (Wildman–Crippen LogP) is 2.68. The number of halogens is 1. The van der Waals surface area contributed by atoms with Crippen LogP contribution in [0.3, 0.4) is 0 Å². The third-order valence-electron chi connectivity index (χ3n) is 3.04. The molecule has 0 aromatic carbocycles. The van der Waals surface area contributed by atoms with E-state index < -0.39 is 0 Å². The summed E-state index contributed by atoms with van der Waals surface area (Å²) < 4.78 is 1.21. The molecule has 0 atom stereocenters. The molecule has 0 unspecified atom stereocenters. The van der Waals surface area contributed by atoms with Crippen molar-refractivity contribution in [3.8, 4) is 0 Å². The first-order valence-corrected chi connectivity index (χ1v) is 7.10. The maximum atomic E-state index is 5.68. The molecule has 0 radical (unpaired) electrons. The summed E-state index contributed by atoms with van der Waals surface area (Å²) >= 11 is 5.33. The van der Waals surface area contributed by atoms with Crippen LogP contribution in [-0.2, 0) is 6.54 Å². The van der Waals surface area contributed by atoms with Crippen molar-refractivity contribution in [2.45, 2.75) is 19.4 Å². The smallest absolute Gasteiger partial charge is 0.0328 e. The van der Waals surface area contributed by atoms with Crippen molar-refractivity contribution in [3.63, 3.8) is 0 Å². The Hall–Kier alpha value is 0.1000. The summed E-state index contributed by atoms with van der Waals surface area (Å²) in [5, 5.41) is 2.15. The first kappa shape index (κ1) is 11.6. The summed E-state index contributed by atoms with van der Waals surface area (Å²) in [6, 6.07) is 2.22. The van der Waals surface area contributed by atoms with Crippen LogP contribution in [0.1, 0.15) is 17.7 Å². The molecule has 1 aliphatic rings. The minimum Gasteiger partial charge on any atom is -0.330 e. The molecule has 1 aliphatic heterocycles. The Labute approximate surface area is 104 Å². The summed E-state index contributed by atoms with van der Waals surface area (Å²) in [6.07, 6.45) is 2.53. The van der Waals surface area contributed by atoms with Gasteiger partial charge in [-0.3, -0.25) is 4.90 Å². The molecule has 84 valence electrons. The highest BCUT2D eigenvalue weighted by Crippen LogP contribution is 2.23. The first-order valence-electron chi connectivity index (χ1n) is 5.43. The molecule has 0 aliphatic carbocycles. The summed E-state index contributed by atoms with van der Waals surface area (Å²) in [4.78, 5) is 3.98. The molecule has 0 saturated carbocycles. The topological polar surface area (TPSA) is 29.3 Å².